The van der Waals surface area contributed by atoms with Crippen LogP contribution in [0.1, 0.15) is 60.3 Å². The minimum atomic E-state index is -0.224. The molecule has 1 heterocycles. The molecule has 2 rings (SSSR count). The van der Waals surface area contributed by atoms with Crippen molar-refractivity contribution in [2.45, 2.75) is 66.8 Å². The Morgan fingerprint density at radius 1 is 1.12 bits per heavy atom. The largest absolute Gasteiger partial charge is 0.492 e. The Morgan fingerprint density at radius 2 is 1.88 bits per heavy atom. The van der Waals surface area contributed by atoms with Crippen LogP contribution in [0.3, 0.4) is 0 Å². The molecule has 0 aliphatic heterocycles. The summed E-state index contributed by atoms with van der Waals surface area (Å²) in [6, 6.07) is 5.47. The van der Waals surface area contributed by atoms with Crippen molar-refractivity contribution in [2.24, 2.45) is 0 Å². The van der Waals surface area contributed by atoms with E-state index >= 15 is 0 Å². The highest BCUT2D eigenvalue weighted by atomic mass is 16.5. The number of methoxy groups -OCH3 is 1. The van der Waals surface area contributed by atoms with Crippen LogP contribution < -0.4 is 20.3 Å². The predicted octanol–water partition coefficient (Wildman–Crippen LogP) is 5.84. The van der Waals surface area contributed by atoms with E-state index in [1.54, 1.807) is 17.7 Å². The lowest BCUT2D eigenvalue weighted by atomic mass is 10.1. The average molecular weight is 441 g/mol. The highest BCUT2D eigenvalue weighted by Crippen LogP contribution is 2.34. The number of carbonyl (C=O) groups is 1. The Morgan fingerprint density at radius 3 is 2.50 bits per heavy atom. The van der Waals surface area contributed by atoms with Crippen molar-refractivity contribution in [3.63, 3.8) is 0 Å². The van der Waals surface area contributed by atoms with E-state index in [2.05, 4.69) is 39.1 Å². The summed E-state index contributed by atoms with van der Waals surface area (Å²) in [6.45, 7) is 10.7. The van der Waals surface area contributed by atoms with E-state index in [0.717, 1.165) is 31.1 Å². The summed E-state index contributed by atoms with van der Waals surface area (Å²) in [7, 11) is 1.54. The van der Waals surface area contributed by atoms with Crippen LogP contribution in [0.5, 0.6) is 11.5 Å². The summed E-state index contributed by atoms with van der Waals surface area (Å²) >= 11 is 0. The third-order valence-corrected chi connectivity index (χ3v) is 5.19. The van der Waals surface area contributed by atoms with Crippen molar-refractivity contribution in [1.29, 1.82) is 0 Å². The smallest absolute Gasteiger partial charge is 0.297 e. The first-order valence-corrected chi connectivity index (χ1v) is 11.2. The van der Waals surface area contributed by atoms with Gasteiger partial charge in [0.15, 0.2) is 5.75 Å². The molecule has 0 fully saturated rings. The number of carbonyl (C=O) groups excluding carboxylic acids is 1. The molecule has 0 aliphatic carbocycles. The van der Waals surface area contributed by atoms with Crippen LogP contribution in [0.4, 0.5) is 5.69 Å². The third kappa shape index (κ3) is 6.74. The lowest BCUT2D eigenvalue weighted by molar-refractivity contribution is -0.114. The number of hydrogen-bond donors (Lipinski definition) is 1. The molecule has 32 heavy (non-hydrogen) atoms. The minimum Gasteiger partial charge on any atom is -0.492 e. The molecule has 0 radical (unpaired) electrons. The SMILES string of the molecule is CCCCn1c(=O)c(OC/C=C(\C)CCC=C(C)C)c(OC)c2ccc(NC(C)=O)cc21. The number of aryl methyl sites for hydroxylation is 1. The van der Waals surface area contributed by atoms with E-state index in [-0.39, 0.29) is 17.2 Å². The molecule has 2 aromatic rings. The lowest BCUT2D eigenvalue weighted by Crippen LogP contribution is -2.24. The van der Waals surface area contributed by atoms with Crippen LogP contribution in [0.15, 0.2) is 46.3 Å². The van der Waals surface area contributed by atoms with Gasteiger partial charge < -0.3 is 19.4 Å². The van der Waals surface area contributed by atoms with Gasteiger partial charge in [-0.2, -0.15) is 0 Å². The summed E-state index contributed by atoms with van der Waals surface area (Å²) in [5, 5.41) is 3.56. The van der Waals surface area contributed by atoms with Crippen LogP contribution >= 0.6 is 0 Å². The van der Waals surface area contributed by atoms with Crippen LogP contribution in [0.25, 0.3) is 10.9 Å². The van der Waals surface area contributed by atoms with Crippen LogP contribution in [-0.2, 0) is 11.3 Å². The number of hydrogen-bond acceptors (Lipinski definition) is 4. The topological polar surface area (TPSA) is 69.6 Å². The van der Waals surface area contributed by atoms with E-state index in [4.69, 9.17) is 9.47 Å². The van der Waals surface area contributed by atoms with Crippen molar-refractivity contribution in [1.82, 2.24) is 4.57 Å². The number of allylic oxidation sites excluding steroid dienone is 3. The normalized spacial score (nSPS) is 11.4. The van der Waals surface area contributed by atoms with Gasteiger partial charge in [0.1, 0.15) is 6.61 Å². The van der Waals surface area contributed by atoms with Gasteiger partial charge in [-0.25, -0.2) is 0 Å². The van der Waals surface area contributed by atoms with Crippen LogP contribution in [0, 0.1) is 0 Å². The maximum absolute atomic E-state index is 13.4. The number of nitrogens with one attached hydrogen (secondary N) is 1. The van der Waals surface area contributed by atoms with E-state index < -0.39 is 0 Å². The van der Waals surface area contributed by atoms with Crippen molar-refractivity contribution < 1.29 is 14.3 Å². The van der Waals surface area contributed by atoms with Gasteiger partial charge in [0.05, 0.1) is 12.6 Å². The van der Waals surface area contributed by atoms with Gasteiger partial charge in [0.25, 0.3) is 5.56 Å². The van der Waals surface area contributed by atoms with E-state index in [1.165, 1.54) is 18.1 Å². The van der Waals surface area contributed by atoms with Crippen LogP contribution in [0.2, 0.25) is 0 Å². The standard InChI is InChI=1S/C26H36N2O4/c1-7-8-15-28-23-17-21(27-20(5)29)12-13-22(23)24(31-6)25(26(28)30)32-16-14-19(4)11-9-10-18(2)3/h10,12-14,17H,7-9,11,15-16H2,1-6H3,(H,27,29)/b19-14+. The molecular formula is C26H36N2O4. The van der Waals surface area contributed by atoms with E-state index in [1.807, 2.05) is 18.2 Å². The zero-order valence-corrected chi connectivity index (χ0v) is 20.2. The van der Waals surface area contributed by atoms with Gasteiger partial charge in [0.2, 0.25) is 11.7 Å². The molecule has 1 N–H and O–H groups in total. The molecule has 174 valence electrons. The highest BCUT2D eigenvalue weighted by molar-refractivity contribution is 5.94. The second-order valence-corrected chi connectivity index (χ2v) is 8.27. The first-order valence-electron chi connectivity index (χ1n) is 11.2. The summed E-state index contributed by atoms with van der Waals surface area (Å²) < 4.78 is 13.3. The van der Waals surface area contributed by atoms with Gasteiger partial charge in [-0.05, 0) is 64.3 Å². The Balaban J connectivity index is 2.44. The summed E-state index contributed by atoms with van der Waals surface area (Å²) in [4.78, 5) is 24.9. The monoisotopic (exact) mass is 440 g/mol. The average Bonchev–Trinajstić information content (AvgIpc) is 2.73. The molecule has 0 unspecified atom stereocenters. The summed E-state index contributed by atoms with van der Waals surface area (Å²) in [6.07, 6.45) is 7.98. The highest BCUT2D eigenvalue weighted by Gasteiger charge is 2.19. The number of pyridine rings is 1. The number of rotatable bonds is 11. The fourth-order valence-electron chi connectivity index (χ4n) is 3.51. The third-order valence-electron chi connectivity index (χ3n) is 5.19. The molecule has 1 amide bonds. The Hall–Kier alpha value is -3.02. The van der Waals surface area contributed by atoms with Crippen molar-refractivity contribution >= 4 is 22.5 Å². The van der Waals surface area contributed by atoms with E-state index in [0.29, 0.717) is 30.1 Å². The van der Waals surface area contributed by atoms with Crippen molar-refractivity contribution in [3.8, 4) is 11.5 Å². The summed E-state index contributed by atoms with van der Waals surface area (Å²) in [5.74, 6) is 0.477. The van der Waals surface area contributed by atoms with Gasteiger partial charge in [-0.1, -0.05) is 30.6 Å². The number of ether oxygens (including phenoxy) is 2. The van der Waals surface area contributed by atoms with Gasteiger partial charge in [-0.3, -0.25) is 9.59 Å². The number of unbranched alkanes of at least 4 members (excludes halogenated alkanes) is 1. The minimum absolute atomic E-state index is 0.162. The van der Waals surface area contributed by atoms with E-state index in [9.17, 15) is 9.59 Å². The zero-order valence-electron chi connectivity index (χ0n) is 20.2. The van der Waals surface area contributed by atoms with Crippen LogP contribution in [-0.4, -0.2) is 24.2 Å². The van der Waals surface area contributed by atoms with Gasteiger partial charge in [0, 0.05) is 24.5 Å². The maximum Gasteiger partial charge on any atom is 0.297 e. The molecule has 0 bridgehead atoms. The first-order chi connectivity index (χ1) is 15.3. The molecule has 1 aromatic carbocycles. The van der Waals surface area contributed by atoms with Gasteiger partial charge in [-0.15, -0.1) is 0 Å². The zero-order chi connectivity index (χ0) is 23.7. The number of anilines is 1. The van der Waals surface area contributed by atoms with Crippen molar-refractivity contribution in [3.05, 3.63) is 51.9 Å². The number of nitrogens with zero attached hydrogens (tertiary/aromatic N) is 1. The second-order valence-electron chi connectivity index (χ2n) is 8.27. The number of amides is 1. The molecule has 6 heteroatoms. The quantitative estimate of drug-likeness (QED) is 0.446. The second kappa shape index (κ2) is 12.1. The fourth-order valence-corrected chi connectivity index (χ4v) is 3.51. The number of benzene rings is 1. The molecule has 1 aromatic heterocycles. The summed E-state index contributed by atoms with van der Waals surface area (Å²) in [5.41, 5.74) is 3.66. The Labute approximate surface area is 190 Å². The molecule has 6 nitrogen and oxygen atoms in total. The fraction of sp³-hybridized carbons (Fsp3) is 0.462. The molecule has 0 saturated heterocycles. The first kappa shape index (κ1) is 25.2. The predicted molar refractivity (Wildman–Crippen MR) is 132 cm³/mol. The lowest BCUT2D eigenvalue weighted by Gasteiger charge is -2.18. The Bertz CT molecular complexity index is 1060. The molecule has 0 aliphatic rings. The number of aromatic nitrogens is 1. The maximum atomic E-state index is 13.4. The van der Waals surface area contributed by atoms with Crippen molar-refractivity contribution in [2.75, 3.05) is 19.0 Å². The molecule has 0 saturated carbocycles. The van der Waals surface area contributed by atoms with Gasteiger partial charge >= 0.3 is 0 Å². The molecule has 0 spiro atoms. The molecule has 0 atom stereocenters. The molecular weight excluding hydrogens is 404 g/mol. The Kier molecular flexibility index (Phi) is 9.57. The number of fused-ring (bicyclic) bond motifs is 1.